The van der Waals surface area contributed by atoms with E-state index in [0.29, 0.717) is 36.8 Å². The number of hydrogen-bond donors (Lipinski definition) is 2. The fourth-order valence-corrected chi connectivity index (χ4v) is 2.87. The molecule has 1 fully saturated rings. The number of carbonyl (C=O) groups excluding carboxylic acids is 2. The second-order valence-electron chi connectivity index (χ2n) is 6.65. The molecule has 0 unspecified atom stereocenters. The molecular weight excluding hydrogens is 356 g/mol. The molecule has 1 aromatic heterocycles. The van der Waals surface area contributed by atoms with E-state index < -0.39 is 31.0 Å². The van der Waals surface area contributed by atoms with Crippen LogP contribution < -0.4 is 11.1 Å². The summed E-state index contributed by atoms with van der Waals surface area (Å²) in [5, 5.41) is 2.75. The summed E-state index contributed by atoms with van der Waals surface area (Å²) < 4.78 is 25.6. The average molecular weight is 377 g/mol. The molecule has 1 aliphatic rings. The Labute approximate surface area is 154 Å². The minimum absolute atomic E-state index is 0.235. The van der Waals surface area contributed by atoms with Gasteiger partial charge in [0.05, 0.1) is 36.4 Å². The van der Waals surface area contributed by atoms with Gasteiger partial charge in [-0.25, -0.2) is 13.8 Å². The van der Waals surface area contributed by atoms with Crippen LogP contribution in [0.4, 0.5) is 8.78 Å². The van der Waals surface area contributed by atoms with E-state index in [0.717, 1.165) is 4.90 Å². The Morgan fingerprint density at radius 1 is 1.22 bits per heavy atom. The number of alkyl halides is 2. The van der Waals surface area contributed by atoms with Crippen molar-refractivity contribution in [1.82, 2.24) is 20.2 Å². The van der Waals surface area contributed by atoms with E-state index in [4.69, 9.17) is 5.73 Å². The maximum absolute atomic E-state index is 12.8. The Hall–Kier alpha value is -2.68. The Bertz CT molecular complexity index is 837. The summed E-state index contributed by atoms with van der Waals surface area (Å²) in [4.78, 5) is 33.5. The number of halogens is 2. The van der Waals surface area contributed by atoms with Gasteiger partial charge in [-0.2, -0.15) is 0 Å². The van der Waals surface area contributed by atoms with Crippen LogP contribution in [0.2, 0.25) is 0 Å². The molecule has 0 bridgehead atoms. The number of amides is 2. The topological polar surface area (TPSA) is 101 Å². The molecule has 0 saturated carbocycles. The third-order valence-corrected chi connectivity index (χ3v) is 4.38. The third-order valence-electron chi connectivity index (χ3n) is 4.38. The quantitative estimate of drug-likeness (QED) is 0.709. The van der Waals surface area contributed by atoms with Gasteiger partial charge in [0.2, 0.25) is 5.91 Å². The van der Waals surface area contributed by atoms with Gasteiger partial charge in [-0.3, -0.25) is 14.6 Å². The number of nitrogens with zero attached hydrogens (tertiary/aromatic N) is 3. The predicted molar refractivity (Wildman–Crippen MR) is 95.2 cm³/mol. The van der Waals surface area contributed by atoms with E-state index in [1.54, 1.807) is 6.07 Å². The molecule has 3 rings (SSSR count). The number of benzene rings is 1. The van der Waals surface area contributed by atoms with Crippen molar-refractivity contribution in [3.63, 3.8) is 0 Å². The molecule has 1 saturated heterocycles. The van der Waals surface area contributed by atoms with E-state index in [-0.39, 0.29) is 11.6 Å². The first-order valence-electron chi connectivity index (χ1n) is 8.78. The van der Waals surface area contributed by atoms with Crippen LogP contribution in [-0.2, 0) is 4.79 Å². The maximum Gasteiger partial charge on any atom is 0.282 e. The first-order chi connectivity index (χ1) is 12.9. The van der Waals surface area contributed by atoms with Crippen molar-refractivity contribution < 1.29 is 18.4 Å². The highest BCUT2D eigenvalue weighted by molar-refractivity contribution is 5.93. The van der Waals surface area contributed by atoms with Gasteiger partial charge in [-0.05, 0) is 31.4 Å². The molecule has 1 aromatic carbocycles. The molecule has 0 radical (unpaired) electrons. The second kappa shape index (κ2) is 7.91. The Balaban J connectivity index is 1.37. The van der Waals surface area contributed by atoms with Crippen LogP contribution in [-0.4, -0.2) is 58.3 Å². The van der Waals surface area contributed by atoms with Crippen LogP contribution in [0, 0.1) is 0 Å². The summed E-state index contributed by atoms with van der Waals surface area (Å²) in [6.07, 6.45) is 3.02. The Kier molecular flexibility index (Phi) is 5.59. The average Bonchev–Trinajstić information content (AvgIpc) is 2.64. The number of likely N-dealkylation sites (tertiary alicyclic amines) is 1. The van der Waals surface area contributed by atoms with Crippen LogP contribution in [0.25, 0.3) is 11.0 Å². The van der Waals surface area contributed by atoms with E-state index in [2.05, 4.69) is 15.3 Å². The van der Waals surface area contributed by atoms with Crippen molar-refractivity contribution >= 4 is 22.8 Å². The van der Waals surface area contributed by atoms with Gasteiger partial charge in [0.25, 0.3) is 11.8 Å². The molecular formula is C18H21F2N5O2. The Morgan fingerprint density at radius 3 is 2.63 bits per heavy atom. The highest BCUT2D eigenvalue weighted by Crippen LogP contribution is 2.27. The molecule has 1 atom stereocenters. The van der Waals surface area contributed by atoms with Crippen molar-refractivity contribution in [3.05, 3.63) is 36.2 Å². The van der Waals surface area contributed by atoms with Crippen LogP contribution in [0.1, 0.15) is 29.8 Å². The Morgan fingerprint density at radius 2 is 1.93 bits per heavy atom. The fraction of sp³-hybridized carbons (Fsp3) is 0.444. The summed E-state index contributed by atoms with van der Waals surface area (Å²) in [5.41, 5.74) is 7.36. The van der Waals surface area contributed by atoms with Gasteiger partial charge in [-0.15, -0.1) is 0 Å². The van der Waals surface area contributed by atoms with Gasteiger partial charge in [0, 0.05) is 6.54 Å². The third kappa shape index (κ3) is 4.73. The standard InChI is InChI=1S/C18H21F2N5O2/c19-18(20)10-25(11-18)17(27)12(21)5-3-4-8-22-16(26)15-9-23-13-6-1-2-7-14(13)24-15/h1-2,6-7,9,12H,3-5,8,10-11,21H2,(H,22,26)/t12-/m0/s1. The molecule has 0 spiro atoms. The molecule has 2 heterocycles. The largest absolute Gasteiger partial charge is 0.351 e. The molecule has 1 aliphatic heterocycles. The first-order valence-corrected chi connectivity index (χ1v) is 8.78. The van der Waals surface area contributed by atoms with Crippen molar-refractivity contribution in [2.24, 2.45) is 5.73 Å². The molecule has 0 aliphatic carbocycles. The van der Waals surface area contributed by atoms with Crippen LogP contribution in [0.3, 0.4) is 0 Å². The molecule has 2 aromatic rings. The molecule has 27 heavy (non-hydrogen) atoms. The molecule has 144 valence electrons. The van der Waals surface area contributed by atoms with Crippen LogP contribution >= 0.6 is 0 Å². The summed E-state index contributed by atoms with van der Waals surface area (Å²) >= 11 is 0. The minimum Gasteiger partial charge on any atom is -0.351 e. The van der Waals surface area contributed by atoms with Crippen molar-refractivity contribution in [2.75, 3.05) is 19.6 Å². The number of nitrogens with two attached hydrogens (primary N) is 1. The molecule has 2 amide bonds. The number of carbonyl (C=O) groups is 2. The van der Waals surface area contributed by atoms with E-state index >= 15 is 0 Å². The van der Waals surface area contributed by atoms with Gasteiger partial charge >= 0.3 is 0 Å². The summed E-state index contributed by atoms with van der Waals surface area (Å²) in [6.45, 7) is -0.708. The number of para-hydroxylation sites is 2. The zero-order chi connectivity index (χ0) is 19.4. The lowest BCUT2D eigenvalue weighted by Crippen LogP contribution is -2.61. The number of unbranched alkanes of at least 4 members (excludes halogenated alkanes) is 1. The summed E-state index contributed by atoms with van der Waals surface area (Å²) in [6, 6.07) is 6.48. The molecule has 3 N–H and O–H groups in total. The number of nitrogens with one attached hydrogen (secondary N) is 1. The van der Waals surface area contributed by atoms with Gasteiger partial charge in [0.1, 0.15) is 5.69 Å². The summed E-state index contributed by atoms with van der Waals surface area (Å²) in [5.74, 6) is -3.56. The van der Waals surface area contributed by atoms with Gasteiger partial charge < -0.3 is 16.0 Å². The molecule has 9 heteroatoms. The summed E-state index contributed by atoms with van der Waals surface area (Å²) in [7, 11) is 0. The zero-order valence-electron chi connectivity index (χ0n) is 14.7. The van der Waals surface area contributed by atoms with Crippen LogP contribution in [0.15, 0.2) is 30.5 Å². The maximum atomic E-state index is 12.8. The lowest BCUT2D eigenvalue weighted by Gasteiger charge is -2.39. The number of hydrogen-bond acceptors (Lipinski definition) is 5. The van der Waals surface area contributed by atoms with E-state index in [9.17, 15) is 18.4 Å². The number of rotatable bonds is 7. The number of fused-ring (bicyclic) bond motifs is 1. The number of aromatic nitrogens is 2. The fourth-order valence-electron chi connectivity index (χ4n) is 2.87. The zero-order valence-corrected chi connectivity index (χ0v) is 14.7. The normalized spacial score (nSPS) is 16.6. The lowest BCUT2D eigenvalue weighted by molar-refractivity contribution is -0.167. The van der Waals surface area contributed by atoms with Crippen molar-refractivity contribution in [2.45, 2.75) is 31.2 Å². The smallest absolute Gasteiger partial charge is 0.282 e. The highest BCUT2D eigenvalue weighted by atomic mass is 19.3. The lowest BCUT2D eigenvalue weighted by atomic mass is 10.1. The highest BCUT2D eigenvalue weighted by Gasteiger charge is 2.46. The van der Waals surface area contributed by atoms with Crippen molar-refractivity contribution in [1.29, 1.82) is 0 Å². The van der Waals surface area contributed by atoms with Gasteiger partial charge in [0.15, 0.2) is 0 Å². The molecule has 7 nitrogen and oxygen atoms in total. The minimum atomic E-state index is -2.79. The first kappa shape index (κ1) is 19.1. The van der Waals surface area contributed by atoms with E-state index in [1.165, 1.54) is 6.20 Å². The van der Waals surface area contributed by atoms with Crippen molar-refractivity contribution in [3.8, 4) is 0 Å². The monoisotopic (exact) mass is 377 g/mol. The van der Waals surface area contributed by atoms with Crippen LogP contribution in [0.5, 0.6) is 0 Å². The SMILES string of the molecule is N[C@@H](CCCCNC(=O)c1cnc2ccccc2n1)C(=O)N1CC(F)(F)C1. The van der Waals surface area contributed by atoms with Gasteiger partial charge in [-0.1, -0.05) is 12.1 Å². The predicted octanol–water partition coefficient (Wildman–Crippen LogP) is 1.33. The van der Waals surface area contributed by atoms with E-state index in [1.807, 2.05) is 18.2 Å². The second-order valence-corrected chi connectivity index (χ2v) is 6.65.